The molecule has 0 saturated heterocycles. The molecule has 9 heteroatoms. The summed E-state index contributed by atoms with van der Waals surface area (Å²) >= 11 is 3.05. The number of halogens is 1. The van der Waals surface area contributed by atoms with Gasteiger partial charge in [-0.05, 0) is 34.5 Å². The van der Waals surface area contributed by atoms with E-state index in [2.05, 4.69) is 35.9 Å². The highest BCUT2D eigenvalue weighted by Gasteiger charge is 2.23. The van der Waals surface area contributed by atoms with Gasteiger partial charge in [0.05, 0.1) is 11.9 Å². The molecule has 0 bridgehead atoms. The molecule has 0 atom stereocenters. The Bertz CT molecular complexity index is 663. The molecule has 0 saturated carbocycles. The minimum Gasteiger partial charge on any atom is -0.277 e. The van der Waals surface area contributed by atoms with Crippen molar-refractivity contribution in [2.24, 2.45) is 7.05 Å². The van der Waals surface area contributed by atoms with E-state index in [9.17, 15) is 8.42 Å². The average molecular weight is 332 g/mol. The molecule has 0 aliphatic carbocycles. The lowest BCUT2D eigenvalue weighted by Crippen LogP contribution is -2.17. The SMILES string of the molecule is Cc1cncc(NS(=O)(=O)c2c(Br)nnn2C)c1. The lowest BCUT2D eigenvalue weighted by Gasteiger charge is -2.07. The topological polar surface area (TPSA) is 89.8 Å². The quantitative estimate of drug-likeness (QED) is 0.908. The molecule has 2 heterocycles. The van der Waals surface area contributed by atoms with Crippen molar-refractivity contribution in [1.29, 1.82) is 0 Å². The van der Waals surface area contributed by atoms with Gasteiger partial charge in [-0.3, -0.25) is 9.71 Å². The van der Waals surface area contributed by atoms with E-state index >= 15 is 0 Å². The standard InChI is InChI=1S/C9H10BrN5O2S/c1-6-3-7(5-11-4-6)13-18(16,17)9-8(10)12-14-15(9)2/h3-5,13H,1-2H3. The number of hydrogen-bond donors (Lipinski definition) is 1. The van der Waals surface area contributed by atoms with Crippen LogP contribution in [0, 0.1) is 6.92 Å². The Labute approximate surface area is 112 Å². The number of sulfonamides is 1. The fraction of sp³-hybridized carbons (Fsp3) is 0.222. The summed E-state index contributed by atoms with van der Waals surface area (Å²) in [7, 11) is -2.25. The first-order valence-corrected chi connectivity index (χ1v) is 7.17. The van der Waals surface area contributed by atoms with Crippen LogP contribution in [0.25, 0.3) is 0 Å². The van der Waals surface area contributed by atoms with Gasteiger partial charge in [-0.25, -0.2) is 4.68 Å². The molecule has 96 valence electrons. The monoisotopic (exact) mass is 331 g/mol. The van der Waals surface area contributed by atoms with E-state index in [-0.39, 0.29) is 9.63 Å². The predicted octanol–water partition coefficient (Wildman–Crippen LogP) is 1.08. The van der Waals surface area contributed by atoms with E-state index in [1.54, 1.807) is 12.3 Å². The van der Waals surface area contributed by atoms with Gasteiger partial charge in [-0.1, -0.05) is 5.21 Å². The molecule has 2 rings (SSSR count). The first kappa shape index (κ1) is 13.0. The second-order valence-corrected chi connectivity index (χ2v) is 6.01. The number of nitrogens with one attached hydrogen (secondary N) is 1. The lowest BCUT2D eigenvalue weighted by atomic mass is 10.3. The number of aromatic nitrogens is 4. The summed E-state index contributed by atoms with van der Waals surface area (Å²) in [6, 6.07) is 1.68. The fourth-order valence-electron chi connectivity index (χ4n) is 1.42. The van der Waals surface area contributed by atoms with E-state index in [4.69, 9.17) is 0 Å². The number of rotatable bonds is 3. The van der Waals surface area contributed by atoms with Gasteiger partial charge < -0.3 is 0 Å². The number of pyridine rings is 1. The maximum atomic E-state index is 12.1. The molecule has 0 unspecified atom stereocenters. The number of nitrogens with zero attached hydrogens (tertiary/aromatic N) is 4. The van der Waals surface area contributed by atoms with Crippen LogP contribution < -0.4 is 4.72 Å². The van der Waals surface area contributed by atoms with Gasteiger partial charge in [0.2, 0.25) is 5.03 Å². The molecule has 0 aliphatic heterocycles. The summed E-state index contributed by atoms with van der Waals surface area (Å²) in [6.07, 6.45) is 3.07. The highest BCUT2D eigenvalue weighted by molar-refractivity contribution is 9.10. The molecular weight excluding hydrogens is 322 g/mol. The minimum absolute atomic E-state index is 0.0380. The molecule has 1 N–H and O–H groups in total. The lowest BCUT2D eigenvalue weighted by molar-refractivity contribution is 0.578. The Morgan fingerprint density at radius 3 is 2.67 bits per heavy atom. The van der Waals surface area contributed by atoms with Gasteiger partial charge in [0.25, 0.3) is 10.0 Å². The Morgan fingerprint density at radius 2 is 2.11 bits per heavy atom. The van der Waals surface area contributed by atoms with E-state index in [1.807, 2.05) is 6.92 Å². The summed E-state index contributed by atoms with van der Waals surface area (Å²) in [5, 5.41) is 7.23. The molecule has 2 aromatic heterocycles. The van der Waals surface area contributed by atoms with Crippen LogP contribution in [0.3, 0.4) is 0 Å². The summed E-state index contributed by atoms with van der Waals surface area (Å²) in [6.45, 7) is 1.83. The van der Waals surface area contributed by atoms with E-state index in [0.29, 0.717) is 5.69 Å². The first-order chi connectivity index (χ1) is 8.40. The first-order valence-electron chi connectivity index (χ1n) is 4.90. The summed E-state index contributed by atoms with van der Waals surface area (Å²) in [5.41, 5.74) is 1.25. The van der Waals surface area contributed by atoms with Crippen LogP contribution in [0.2, 0.25) is 0 Å². The zero-order chi connectivity index (χ0) is 13.3. The Kier molecular flexibility index (Phi) is 3.35. The predicted molar refractivity (Wildman–Crippen MR) is 68.5 cm³/mol. The largest absolute Gasteiger partial charge is 0.281 e. The van der Waals surface area contributed by atoms with Crippen LogP contribution in [0.5, 0.6) is 0 Å². The minimum atomic E-state index is -3.75. The Balaban J connectivity index is 2.39. The van der Waals surface area contributed by atoms with Crippen molar-refractivity contribution in [3.8, 4) is 0 Å². The molecule has 0 fully saturated rings. The van der Waals surface area contributed by atoms with Crippen molar-refractivity contribution >= 4 is 31.6 Å². The number of aryl methyl sites for hydroxylation is 2. The van der Waals surface area contributed by atoms with Crippen molar-refractivity contribution in [3.63, 3.8) is 0 Å². The second-order valence-electron chi connectivity index (χ2n) is 3.67. The van der Waals surface area contributed by atoms with Gasteiger partial charge in [0, 0.05) is 13.2 Å². The normalized spacial score (nSPS) is 11.5. The van der Waals surface area contributed by atoms with Crippen molar-refractivity contribution in [2.75, 3.05) is 4.72 Å². The van der Waals surface area contributed by atoms with Crippen molar-refractivity contribution < 1.29 is 8.42 Å². The van der Waals surface area contributed by atoms with E-state index in [0.717, 1.165) is 5.56 Å². The molecule has 0 aromatic carbocycles. The van der Waals surface area contributed by atoms with Crippen LogP contribution in [-0.4, -0.2) is 28.4 Å². The highest BCUT2D eigenvalue weighted by Crippen LogP contribution is 2.21. The van der Waals surface area contributed by atoms with E-state index in [1.165, 1.54) is 17.9 Å². The summed E-state index contributed by atoms with van der Waals surface area (Å²) in [4.78, 5) is 3.92. The Morgan fingerprint density at radius 1 is 1.39 bits per heavy atom. The third-order valence-corrected chi connectivity index (χ3v) is 4.39. The highest BCUT2D eigenvalue weighted by atomic mass is 79.9. The van der Waals surface area contributed by atoms with Gasteiger partial charge in [0.15, 0.2) is 4.60 Å². The van der Waals surface area contributed by atoms with Crippen LogP contribution in [0.15, 0.2) is 28.1 Å². The van der Waals surface area contributed by atoms with Gasteiger partial charge in [0.1, 0.15) is 0 Å². The molecule has 0 radical (unpaired) electrons. The van der Waals surface area contributed by atoms with Crippen LogP contribution in [0.1, 0.15) is 5.56 Å². The molecular formula is C9H10BrN5O2S. The third kappa shape index (κ3) is 2.51. The van der Waals surface area contributed by atoms with Crippen molar-refractivity contribution in [1.82, 2.24) is 20.0 Å². The summed E-state index contributed by atoms with van der Waals surface area (Å²) in [5.74, 6) is 0. The summed E-state index contributed by atoms with van der Waals surface area (Å²) < 4.78 is 28.1. The zero-order valence-corrected chi connectivity index (χ0v) is 12.0. The van der Waals surface area contributed by atoms with Crippen molar-refractivity contribution in [2.45, 2.75) is 11.9 Å². The average Bonchev–Trinajstić information content (AvgIpc) is 2.58. The molecule has 2 aromatic rings. The maximum absolute atomic E-state index is 12.1. The molecule has 18 heavy (non-hydrogen) atoms. The molecule has 7 nitrogen and oxygen atoms in total. The number of anilines is 1. The van der Waals surface area contributed by atoms with Gasteiger partial charge >= 0.3 is 0 Å². The smallest absolute Gasteiger partial charge is 0.277 e. The zero-order valence-electron chi connectivity index (χ0n) is 9.62. The van der Waals surface area contributed by atoms with E-state index < -0.39 is 10.0 Å². The second kappa shape index (κ2) is 4.65. The molecule has 0 spiro atoms. The Hall–Kier alpha value is -1.48. The molecule has 0 aliphatic rings. The van der Waals surface area contributed by atoms with Crippen LogP contribution in [0.4, 0.5) is 5.69 Å². The van der Waals surface area contributed by atoms with Crippen LogP contribution >= 0.6 is 15.9 Å². The maximum Gasteiger partial charge on any atom is 0.281 e. The fourth-order valence-corrected chi connectivity index (χ4v) is 3.55. The number of hydrogen-bond acceptors (Lipinski definition) is 5. The third-order valence-electron chi connectivity index (χ3n) is 2.12. The van der Waals surface area contributed by atoms with Crippen LogP contribution in [-0.2, 0) is 17.1 Å². The molecule has 0 amide bonds. The van der Waals surface area contributed by atoms with Gasteiger partial charge in [-0.15, -0.1) is 5.10 Å². The van der Waals surface area contributed by atoms with Gasteiger partial charge in [-0.2, -0.15) is 8.42 Å². The van der Waals surface area contributed by atoms with Crippen molar-refractivity contribution in [3.05, 3.63) is 28.6 Å².